The van der Waals surface area contributed by atoms with Crippen molar-refractivity contribution in [1.82, 2.24) is 0 Å². The van der Waals surface area contributed by atoms with Gasteiger partial charge in [-0.15, -0.1) is 0 Å². The molecule has 0 atom stereocenters. The summed E-state index contributed by atoms with van der Waals surface area (Å²) in [4.78, 5) is 10.3. The van der Waals surface area contributed by atoms with E-state index in [0.29, 0.717) is 6.42 Å². The zero-order chi connectivity index (χ0) is 14.9. The molecule has 0 bridgehead atoms. The molecular weight excluding hydrogens is 248 g/mol. The average Bonchev–Trinajstić information content (AvgIpc) is 2.43. The van der Waals surface area contributed by atoms with Crippen molar-refractivity contribution >= 4 is 5.97 Å². The maximum absolute atomic E-state index is 10.3. The maximum atomic E-state index is 10.3. The third kappa shape index (κ3) is 16.4. The minimum absolute atomic E-state index is 0.314. The lowest BCUT2D eigenvalue weighted by Gasteiger charge is -1.98. The molecule has 0 saturated carbocycles. The molecule has 20 heavy (non-hydrogen) atoms. The fraction of sp³-hybridized carbons (Fsp3) is 0.500. The van der Waals surface area contributed by atoms with E-state index in [2.05, 4.69) is 37.0 Å². The molecule has 0 aromatic heterocycles. The summed E-state index contributed by atoms with van der Waals surface area (Å²) >= 11 is 0. The Morgan fingerprint density at radius 2 is 1.45 bits per heavy atom. The predicted octanol–water partition coefficient (Wildman–Crippen LogP) is 5.44. The molecule has 0 fully saturated rings. The van der Waals surface area contributed by atoms with Crippen LogP contribution in [0.4, 0.5) is 0 Å². The van der Waals surface area contributed by atoms with Crippen molar-refractivity contribution in [2.24, 2.45) is 0 Å². The second-order valence-electron chi connectivity index (χ2n) is 4.78. The fourth-order valence-corrected chi connectivity index (χ4v) is 1.81. The first kappa shape index (κ1) is 18.4. The van der Waals surface area contributed by atoms with Gasteiger partial charge in [0.2, 0.25) is 0 Å². The molecule has 0 spiro atoms. The number of carboxylic acids is 1. The topological polar surface area (TPSA) is 37.3 Å². The number of carboxylic acid groups (broad SMARTS) is 1. The number of hydrogen-bond acceptors (Lipinski definition) is 1. The van der Waals surface area contributed by atoms with Crippen LogP contribution in [0.3, 0.4) is 0 Å². The van der Waals surface area contributed by atoms with Crippen molar-refractivity contribution in [3.8, 4) is 0 Å². The number of hydrogen-bond donors (Lipinski definition) is 1. The molecule has 0 aliphatic heterocycles. The number of allylic oxidation sites excluding steroid dienone is 7. The molecule has 0 amide bonds. The Balaban J connectivity index is 3.25. The molecular formula is C18H28O2. The van der Waals surface area contributed by atoms with E-state index in [9.17, 15) is 4.79 Å². The van der Waals surface area contributed by atoms with Gasteiger partial charge in [-0.1, -0.05) is 68.4 Å². The molecule has 2 nitrogen and oxygen atoms in total. The minimum atomic E-state index is -0.680. The van der Waals surface area contributed by atoms with Gasteiger partial charge < -0.3 is 5.11 Å². The molecule has 0 aromatic rings. The highest BCUT2D eigenvalue weighted by molar-refractivity contribution is 5.66. The van der Waals surface area contributed by atoms with Crippen molar-refractivity contribution in [2.45, 2.75) is 57.8 Å². The standard InChI is InChI=1S/C18H28O2/c1-2-3-4-5-6-7-8-9-10-11-12-13-14-15-16-17-18(19)20/h2-4,6-7,9-10H,1,5,8,11-17H2,(H,19,20). The molecule has 2 heteroatoms. The van der Waals surface area contributed by atoms with Crippen LogP contribution in [0.1, 0.15) is 57.8 Å². The van der Waals surface area contributed by atoms with E-state index in [1.54, 1.807) is 6.08 Å². The molecule has 0 aliphatic carbocycles. The second-order valence-corrected chi connectivity index (χ2v) is 4.78. The van der Waals surface area contributed by atoms with E-state index in [1.807, 2.05) is 6.08 Å². The van der Waals surface area contributed by atoms with Gasteiger partial charge >= 0.3 is 5.97 Å². The molecule has 0 radical (unpaired) electrons. The molecule has 112 valence electrons. The summed E-state index contributed by atoms with van der Waals surface area (Å²) in [6.07, 6.45) is 23.4. The Labute approximate surface area is 123 Å². The Hall–Kier alpha value is -1.57. The van der Waals surface area contributed by atoms with Crippen molar-refractivity contribution in [1.29, 1.82) is 0 Å². The van der Waals surface area contributed by atoms with Crippen molar-refractivity contribution in [2.75, 3.05) is 0 Å². The Morgan fingerprint density at radius 1 is 0.850 bits per heavy atom. The number of rotatable bonds is 13. The zero-order valence-corrected chi connectivity index (χ0v) is 12.5. The first-order valence-electron chi connectivity index (χ1n) is 7.56. The normalized spacial score (nSPS) is 11.8. The summed E-state index contributed by atoms with van der Waals surface area (Å²) in [5.41, 5.74) is 0. The zero-order valence-electron chi connectivity index (χ0n) is 12.5. The Kier molecular flexibility index (Phi) is 14.3. The van der Waals surface area contributed by atoms with E-state index in [0.717, 1.165) is 38.5 Å². The van der Waals surface area contributed by atoms with Crippen molar-refractivity contribution < 1.29 is 9.90 Å². The van der Waals surface area contributed by atoms with Gasteiger partial charge in [-0.25, -0.2) is 0 Å². The summed E-state index contributed by atoms with van der Waals surface area (Å²) in [6.45, 7) is 3.62. The van der Waals surface area contributed by atoms with Crippen LogP contribution in [-0.4, -0.2) is 11.1 Å². The molecule has 0 heterocycles. The summed E-state index contributed by atoms with van der Waals surface area (Å²) in [5, 5.41) is 8.49. The SMILES string of the molecule is C=CC=CCC=CCC=CCCCCCCCC(=O)O. The third-order valence-electron chi connectivity index (χ3n) is 2.91. The Morgan fingerprint density at radius 3 is 2.15 bits per heavy atom. The largest absolute Gasteiger partial charge is 0.481 e. The summed E-state index contributed by atoms with van der Waals surface area (Å²) in [6, 6.07) is 0. The maximum Gasteiger partial charge on any atom is 0.303 e. The summed E-state index contributed by atoms with van der Waals surface area (Å²) in [7, 11) is 0. The van der Waals surface area contributed by atoms with Gasteiger partial charge in [-0.2, -0.15) is 0 Å². The van der Waals surface area contributed by atoms with Crippen LogP contribution in [-0.2, 0) is 4.79 Å². The van der Waals surface area contributed by atoms with Crippen LogP contribution in [0.5, 0.6) is 0 Å². The average molecular weight is 276 g/mol. The van der Waals surface area contributed by atoms with Crippen LogP contribution >= 0.6 is 0 Å². The van der Waals surface area contributed by atoms with Gasteiger partial charge in [0.25, 0.3) is 0 Å². The van der Waals surface area contributed by atoms with Gasteiger partial charge in [0, 0.05) is 6.42 Å². The van der Waals surface area contributed by atoms with E-state index in [4.69, 9.17) is 5.11 Å². The highest BCUT2D eigenvalue weighted by Gasteiger charge is 1.95. The molecule has 0 unspecified atom stereocenters. The first-order valence-corrected chi connectivity index (χ1v) is 7.56. The van der Waals surface area contributed by atoms with Crippen molar-refractivity contribution in [3.05, 3.63) is 49.1 Å². The van der Waals surface area contributed by atoms with Crippen molar-refractivity contribution in [3.63, 3.8) is 0 Å². The lowest BCUT2D eigenvalue weighted by molar-refractivity contribution is -0.137. The van der Waals surface area contributed by atoms with Crippen LogP contribution in [0, 0.1) is 0 Å². The minimum Gasteiger partial charge on any atom is -0.481 e. The molecule has 0 aliphatic rings. The van der Waals surface area contributed by atoms with E-state index >= 15 is 0 Å². The van der Waals surface area contributed by atoms with Crippen LogP contribution in [0.2, 0.25) is 0 Å². The quantitative estimate of drug-likeness (QED) is 0.276. The molecule has 0 saturated heterocycles. The highest BCUT2D eigenvalue weighted by Crippen LogP contribution is 2.07. The van der Waals surface area contributed by atoms with Gasteiger partial charge in [0.05, 0.1) is 0 Å². The molecule has 0 aromatic carbocycles. The van der Waals surface area contributed by atoms with Gasteiger partial charge in [-0.05, 0) is 32.1 Å². The predicted molar refractivity (Wildman–Crippen MR) is 86.8 cm³/mol. The summed E-state index contributed by atoms with van der Waals surface area (Å²) in [5.74, 6) is -0.680. The number of carbonyl (C=O) groups is 1. The fourth-order valence-electron chi connectivity index (χ4n) is 1.81. The van der Waals surface area contributed by atoms with Crippen LogP contribution < -0.4 is 0 Å². The second kappa shape index (κ2) is 15.5. The lowest BCUT2D eigenvalue weighted by atomic mass is 10.1. The molecule has 0 rings (SSSR count). The van der Waals surface area contributed by atoms with Gasteiger partial charge in [0.15, 0.2) is 0 Å². The van der Waals surface area contributed by atoms with Gasteiger partial charge in [-0.3, -0.25) is 4.79 Å². The molecule has 1 N–H and O–H groups in total. The summed E-state index contributed by atoms with van der Waals surface area (Å²) < 4.78 is 0. The van der Waals surface area contributed by atoms with Crippen LogP contribution in [0.25, 0.3) is 0 Å². The van der Waals surface area contributed by atoms with E-state index < -0.39 is 5.97 Å². The van der Waals surface area contributed by atoms with E-state index in [-0.39, 0.29) is 0 Å². The number of unbranched alkanes of at least 4 members (excludes halogenated alkanes) is 5. The Bertz CT molecular complexity index is 324. The third-order valence-corrected chi connectivity index (χ3v) is 2.91. The smallest absolute Gasteiger partial charge is 0.303 e. The first-order chi connectivity index (χ1) is 9.77. The van der Waals surface area contributed by atoms with Crippen LogP contribution in [0.15, 0.2) is 49.1 Å². The highest BCUT2D eigenvalue weighted by atomic mass is 16.4. The monoisotopic (exact) mass is 276 g/mol. The van der Waals surface area contributed by atoms with Gasteiger partial charge in [0.1, 0.15) is 0 Å². The van der Waals surface area contributed by atoms with E-state index in [1.165, 1.54) is 12.8 Å². The number of aliphatic carboxylic acids is 1. The lowest BCUT2D eigenvalue weighted by Crippen LogP contribution is -1.93.